The Balaban J connectivity index is 1.92. The Hall–Kier alpha value is -2.92. The van der Waals surface area contributed by atoms with Crippen molar-refractivity contribution >= 4 is 5.69 Å². The molecule has 0 aliphatic carbocycles. The number of hydrogen-bond donors (Lipinski definition) is 2. The molecule has 0 unspecified atom stereocenters. The fraction of sp³-hybridized carbons (Fsp3) is 0.261. The number of aromatic hydroxyl groups is 1. The summed E-state index contributed by atoms with van der Waals surface area (Å²) in [6.45, 7) is 3.55. The molecule has 3 aromatic rings. The van der Waals surface area contributed by atoms with E-state index >= 15 is 0 Å². The third-order valence-electron chi connectivity index (χ3n) is 5.28. The van der Waals surface area contributed by atoms with Gasteiger partial charge in [0.1, 0.15) is 11.6 Å². The molecule has 1 saturated heterocycles. The molecule has 0 radical (unpaired) electrons. The number of halogens is 1. The number of benzene rings is 2. The summed E-state index contributed by atoms with van der Waals surface area (Å²) in [6.07, 6.45) is 5.42. The Morgan fingerprint density at radius 2 is 1.75 bits per heavy atom. The molecule has 28 heavy (non-hydrogen) atoms. The molecule has 1 fully saturated rings. The first kappa shape index (κ1) is 18.4. The monoisotopic (exact) mass is 377 g/mol. The summed E-state index contributed by atoms with van der Waals surface area (Å²) >= 11 is 0. The Labute approximate surface area is 164 Å². The van der Waals surface area contributed by atoms with E-state index in [1.54, 1.807) is 24.4 Å². The Kier molecular flexibility index (Phi) is 5.01. The zero-order valence-electron chi connectivity index (χ0n) is 15.9. The Morgan fingerprint density at radius 1 is 1.04 bits per heavy atom. The fourth-order valence-electron chi connectivity index (χ4n) is 3.91. The fourth-order valence-corrected chi connectivity index (χ4v) is 3.91. The van der Waals surface area contributed by atoms with Gasteiger partial charge < -0.3 is 15.7 Å². The van der Waals surface area contributed by atoms with Gasteiger partial charge >= 0.3 is 0 Å². The van der Waals surface area contributed by atoms with Crippen molar-refractivity contribution in [2.24, 2.45) is 5.73 Å². The summed E-state index contributed by atoms with van der Waals surface area (Å²) in [5.74, 6) is -0.0551. The van der Waals surface area contributed by atoms with Crippen LogP contribution in [0, 0.1) is 12.7 Å². The molecule has 0 spiro atoms. The number of aryl methyl sites for hydroxylation is 1. The molecule has 2 heterocycles. The van der Waals surface area contributed by atoms with Crippen LogP contribution in [0.5, 0.6) is 5.75 Å². The number of anilines is 1. The van der Waals surface area contributed by atoms with Crippen LogP contribution in [0.1, 0.15) is 18.4 Å². The largest absolute Gasteiger partial charge is 0.508 e. The van der Waals surface area contributed by atoms with Gasteiger partial charge in [-0.3, -0.25) is 4.98 Å². The first-order chi connectivity index (χ1) is 13.5. The highest BCUT2D eigenvalue weighted by molar-refractivity contribution is 5.90. The number of phenols is 1. The molecule has 5 heteroatoms. The summed E-state index contributed by atoms with van der Waals surface area (Å²) in [5.41, 5.74) is 11.5. The van der Waals surface area contributed by atoms with Gasteiger partial charge in [0.2, 0.25) is 0 Å². The minimum Gasteiger partial charge on any atom is -0.508 e. The second-order valence-electron chi connectivity index (χ2n) is 7.48. The normalized spacial score (nSPS) is 15.0. The number of rotatable bonds is 3. The number of nitrogens with zero attached hydrogens (tertiary/aromatic N) is 2. The number of phenolic OH excluding ortho intramolecular Hbond substituents is 1. The van der Waals surface area contributed by atoms with E-state index in [0.717, 1.165) is 59.4 Å². The maximum Gasteiger partial charge on any atom is 0.124 e. The number of pyridine rings is 1. The number of piperidine rings is 1. The standard InChI is InChI=1S/C23H24FN3O/c1-15-9-17(11-18(24)10-15)22-14-26-13-21(16-3-2-4-20(28)12-16)23(22)27-7-5-19(25)6-8-27/h2-4,9-14,19,28H,5-8,25H2,1H3. The third-order valence-corrected chi connectivity index (χ3v) is 5.28. The number of hydrogen-bond acceptors (Lipinski definition) is 4. The predicted molar refractivity (Wildman–Crippen MR) is 111 cm³/mol. The molecule has 0 bridgehead atoms. The Morgan fingerprint density at radius 3 is 2.43 bits per heavy atom. The first-order valence-electron chi connectivity index (χ1n) is 9.57. The van der Waals surface area contributed by atoms with Crippen LogP contribution in [0.15, 0.2) is 54.9 Å². The second-order valence-corrected chi connectivity index (χ2v) is 7.48. The molecule has 0 atom stereocenters. The minimum atomic E-state index is -0.260. The van der Waals surface area contributed by atoms with Crippen LogP contribution in [0.25, 0.3) is 22.3 Å². The van der Waals surface area contributed by atoms with E-state index in [0.29, 0.717) is 0 Å². The van der Waals surface area contributed by atoms with Crippen molar-refractivity contribution in [1.82, 2.24) is 4.98 Å². The SMILES string of the molecule is Cc1cc(F)cc(-c2cncc(-c3cccc(O)c3)c2N2CCC(N)CC2)c1. The van der Waals surface area contributed by atoms with Gasteiger partial charge in [0.15, 0.2) is 0 Å². The average molecular weight is 377 g/mol. The summed E-state index contributed by atoms with van der Waals surface area (Å²) < 4.78 is 14.1. The molecule has 1 aliphatic rings. The van der Waals surface area contributed by atoms with Crippen LogP contribution in [0.2, 0.25) is 0 Å². The topological polar surface area (TPSA) is 62.4 Å². The van der Waals surface area contributed by atoms with Crippen LogP contribution in [-0.4, -0.2) is 29.2 Å². The maximum atomic E-state index is 14.1. The van der Waals surface area contributed by atoms with Gasteiger partial charge in [0.05, 0.1) is 5.69 Å². The number of aromatic nitrogens is 1. The van der Waals surface area contributed by atoms with E-state index in [1.807, 2.05) is 31.3 Å². The molecule has 2 aromatic carbocycles. The zero-order valence-corrected chi connectivity index (χ0v) is 15.9. The maximum absolute atomic E-state index is 14.1. The van der Waals surface area contributed by atoms with E-state index in [4.69, 9.17) is 5.73 Å². The van der Waals surface area contributed by atoms with E-state index in [2.05, 4.69) is 9.88 Å². The molecular weight excluding hydrogens is 353 g/mol. The second kappa shape index (κ2) is 7.60. The summed E-state index contributed by atoms with van der Waals surface area (Å²) in [5, 5.41) is 9.97. The molecule has 0 saturated carbocycles. The zero-order chi connectivity index (χ0) is 19.7. The van der Waals surface area contributed by atoms with Crippen LogP contribution in [0.4, 0.5) is 10.1 Å². The van der Waals surface area contributed by atoms with Gasteiger partial charge in [0, 0.05) is 42.7 Å². The van der Waals surface area contributed by atoms with Crippen molar-refractivity contribution in [3.05, 3.63) is 66.2 Å². The highest BCUT2D eigenvalue weighted by atomic mass is 19.1. The van der Waals surface area contributed by atoms with Crippen molar-refractivity contribution in [3.8, 4) is 28.0 Å². The molecule has 144 valence electrons. The lowest BCUT2D eigenvalue weighted by Crippen LogP contribution is -2.40. The smallest absolute Gasteiger partial charge is 0.124 e. The van der Waals surface area contributed by atoms with E-state index < -0.39 is 0 Å². The van der Waals surface area contributed by atoms with Crippen molar-refractivity contribution in [1.29, 1.82) is 0 Å². The minimum absolute atomic E-state index is 0.205. The highest BCUT2D eigenvalue weighted by Crippen LogP contribution is 2.40. The summed E-state index contributed by atoms with van der Waals surface area (Å²) in [4.78, 5) is 6.75. The summed E-state index contributed by atoms with van der Waals surface area (Å²) in [7, 11) is 0. The van der Waals surface area contributed by atoms with Gasteiger partial charge in [-0.15, -0.1) is 0 Å². The van der Waals surface area contributed by atoms with Crippen LogP contribution in [0.3, 0.4) is 0 Å². The van der Waals surface area contributed by atoms with Crippen molar-refractivity contribution in [3.63, 3.8) is 0 Å². The third kappa shape index (κ3) is 3.71. The van der Waals surface area contributed by atoms with E-state index in [1.165, 1.54) is 6.07 Å². The van der Waals surface area contributed by atoms with Crippen molar-refractivity contribution in [2.75, 3.05) is 18.0 Å². The van der Waals surface area contributed by atoms with Crippen LogP contribution < -0.4 is 10.6 Å². The van der Waals surface area contributed by atoms with E-state index in [-0.39, 0.29) is 17.6 Å². The molecule has 4 nitrogen and oxygen atoms in total. The first-order valence-corrected chi connectivity index (χ1v) is 9.57. The molecule has 3 N–H and O–H groups in total. The number of nitrogens with two attached hydrogens (primary N) is 1. The molecule has 0 amide bonds. The molecule has 1 aliphatic heterocycles. The highest BCUT2D eigenvalue weighted by Gasteiger charge is 2.23. The van der Waals surface area contributed by atoms with Gasteiger partial charge in [-0.05, 0) is 60.7 Å². The van der Waals surface area contributed by atoms with Crippen molar-refractivity contribution < 1.29 is 9.50 Å². The average Bonchev–Trinajstić information content (AvgIpc) is 2.67. The van der Waals surface area contributed by atoms with Gasteiger partial charge in [-0.25, -0.2) is 4.39 Å². The lowest BCUT2D eigenvalue weighted by molar-refractivity contribution is 0.475. The van der Waals surface area contributed by atoms with E-state index in [9.17, 15) is 9.50 Å². The van der Waals surface area contributed by atoms with Crippen molar-refractivity contribution in [2.45, 2.75) is 25.8 Å². The lowest BCUT2D eigenvalue weighted by atomic mass is 9.95. The molecular formula is C23H24FN3O. The molecule has 1 aromatic heterocycles. The predicted octanol–water partition coefficient (Wildman–Crippen LogP) is 4.50. The summed E-state index contributed by atoms with van der Waals surface area (Å²) in [6, 6.07) is 12.4. The lowest BCUT2D eigenvalue weighted by Gasteiger charge is -2.35. The van der Waals surface area contributed by atoms with Crippen LogP contribution >= 0.6 is 0 Å². The van der Waals surface area contributed by atoms with Gasteiger partial charge in [0.25, 0.3) is 0 Å². The van der Waals surface area contributed by atoms with Gasteiger partial charge in [-0.1, -0.05) is 18.2 Å². The molecule has 4 rings (SSSR count). The van der Waals surface area contributed by atoms with Crippen LogP contribution in [-0.2, 0) is 0 Å². The Bertz CT molecular complexity index is 977. The van der Waals surface area contributed by atoms with Gasteiger partial charge in [-0.2, -0.15) is 0 Å². The quantitative estimate of drug-likeness (QED) is 0.706.